The summed E-state index contributed by atoms with van der Waals surface area (Å²) in [4.78, 5) is 19.0. The topological polar surface area (TPSA) is 103 Å². The van der Waals surface area contributed by atoms with Gasteiger partial charge in [0.1, 0.15) is 11.4 Å². The largest absolute Gasteiger partial charge is 0.494 e. The van der Waals surface area contributed by atoms with E-state index >= 15 is 0 Å². The molecule has 7 nitrogen and oxygen atoms in total. The van der Waals surface area contributed by atoms with Crippen molar-refractivity contribution >= 4 is 16.7 Å². The van der Waals surface area contributed by atoms with E-state index < -0.39 is 12.0 Å². The van der Waals surface area contributed by atoms with Crippen molar-refractivity contribution in [2.45, 2.75) is 25.5 Å². The average Bonchev–Trinajstić information content (AvgIpc) is 3.07. The van der Waals surface area contributed by atoms with Gasteiger partial charge < -0.3 is 20.1 Å². The van der Waals surface area contributed by atoms with E-state index in [0.717, 1.165) is 16.5 Å². The van der Waals surface area contributed by atoms with Gasteiger partial charge in [-0.3, -0.25) is 9.78 Å². The predicted octanol–water partition coefficient (Wildman–Crippen LogP) is 1.75. The smallest absolute Gasteiger partial charge is 0.268 e. The van der Waals surface area contributed by atoms with Crippen molar-refractivity contribution in [2.24, 2.45) is 5.73 Å². The van der Waals surface area contributed by atoms with Crippen LogP contribution in [0.4, 0.5) is 0 Å². The number of benzene rings is 1. The third-order valence-corrected chi connectivity index (χ3v) is 3.87. The standard InChI is InChI=1S/C18H20N4O3/c19-18(24)17-11-22(12-21-17)10-15(23)2-1-7-25-16-4-3-13-5-6-20-9-14(13)8-16/h3-6,8-9,11-12,15,23H,1-2,7,10H2,(H2,19,24). The fourth-order valence-corrected chi connectivity index (χ4v) is 2.58. The highest BCUT2D eigenvalue weighted by molar-refractivity contribution is 5.90. The summed E-state index contributed by atoms with van der Waals surface area (Å²) in [5.41, 5.74) is 5.34. The number of ether oxygens (including phenoxy) is 1. The first-order valence-corrected chi connectivity index (χ1v) is 8.08. The van der Waals surface area contributed by atoms with Crippen molar-refractivity contribution in [3.05, 3.63) is 54.9 Å². The molecule has 0 saturated carbocycles. The van der Waals surface area contributed by atoms with Gasteiger partial charge in [-0.05, 0) is 36.4 Å². The molecule has 1 unspecified atom stereocenters. The molecule has 0 aliphatic carbocycles. The second-order valence-corrected chi connectivity index (χ2v) is 5.85. The van der Waals surface area contributed by atoms with Crippen LogP contribution < -0.4 is 10.5 Å². The molecule has 1 aromatic carbocycles. The highest BCUT2D eigenvalue weighted by atomic mass is 16.5. The highest BCUT2D eigenvalue weighted by Crippen LogP contribution is 2.20. The second-order valence-electron chi connectivity index (χ2n) is 5.85. The van der Waals surface area contributed by atoms with Gasteiger partial charge in [0, 0.05) is 30.5 Å². The second kappa shape index (κ2) is 7.76. The summed E-state index contributed by atoms with van der Waals surface area (Å²) in [5, 5.41) is 12.2. The van der Waals surface area contributed by atoms with Crippen LogP contribution in [-0.2, 0) is 6.54 Å². The molecule has 0 aliphatic rings. The monoisotopic (exact) mass is 340 g/mol. The lowest BCUT2D eigenvalue weighted by Gasteiger charge is -2.12. The van der Waals surface area contributed by atoms with Gasteiger partial charge in [0.2, 0.25) is 0 Å². The number of primary amides is 1. The fourth-order valence-electron chi connectivity index (χ4n) is 2.58. The third-order valence-electron chi connectivity index (χ3n) is 3.87. The number of nitrogens with two attached hydrogens (primary N) is 1. The van der Waals surface area contributed by atoms with Crippen LogP contribution in [0, 0.1) is 0 Å². The molecular formula is C18H20N4O3. The number of carbonyl (C=O) groups excluding carboxylic acids is 1. The molecule has 2 heterocycles. The summed E-state index contributed by atoms with van der Waals surface area (Å²) in [6.07, 6.45) is 7.34. The highest BCUT2D eigenvalue weighted by Gasteiger charge is 2.09. The molecule has 0 radical (unpaired) electrons. The molecule has 0 bridgehead atoms. The Balaban J connectivity index is 1.43. The zero-order valence-corrected chi connectivity index (χ0v) is 13.7. The average molecular weight is 340 g/mol. The number of carbonyl (C=O) groups is 1. The molecule has 0 fully saturated rings. The minimum absolute atomic E-state index is 0.196. The van der Waals surface area contributed by atoms with Crippen molar-refractivity contribution in [1.29, 1.82) is 0 Å². The Labute approximate surface area is 145 Å². The van der Waals surface area contributed by atoms with Crippen LogP contribution in [0.2, 0.25) is 0 Å². The number of hydrogen-bond acceptors (Lipinski definition) is 5. The normalized spacial score (nSPS) is 12.2. The molecular weight excluding hydrogens is 320 g/mol. The Morgan fingerprint density at radius 3 is 3.00 bits per heavy atom. The molecule has 1 atom stereocenters. The number of aliphatic hydroxyl groups excluding tert-OH is 1. The summed E-state index contributed by atoms with van der Waals surface area (Å²) in [5.74, 6) is 0.211. The Morgan fingerprint density at radius 1 is 1.32 bits per heavy atom. The van der Waals surface area contributed by atoms with E-state index in [4.69, 9.17) is 10.5 Å². The summed E-state index contributed by atoms with van der Waals surface area (Å²) in [6, 6.07) is 7.83. The van der Waals surface area contributed by atoms with Gasteiger partial charge in [0.25, 0.3) is 5.91 Å². The maximum Gasteiger partial charge on any atom is 0.268 e. The third kappa shape index (κ3) is 4.54. The number of rotatable bonds is 8. The van der Waals surface area contributed by atoms with E-state index in [0.29, 0.717) is 26.0 Å². The molecule has 0 aliphatic heterocycles. The first-order chi connectivity index (χ1) is 12.1. The predicted molar refractivity (Wildman–Crippen MR) is 93.2 cm³/mol. The Bertz CT molecular complexity index is 862. The van der Waals surface area contributed by atoms with E-state index in [1.807, 2.05) is 24.3 Å². The Morgan fingerprint density at radius 2 is 2.20 bits per heavy atom. The van der Waals surface area contributed by atoms with Crippen LogP contribution in [0.15, 0.2) is 49.2 Å². The molecule has 1 amide bonds. The van der Waals surface area contributed by atoms with Gasteiger partial charge in [0.05, 0.1) is 19.0 Å². The van der Waals surface area contributed by atoms with E-state index in [1.165, 1.54) is 12.5 Å². The molecule has 130 valence electrons. The summed E-state index contributed by atoms with van der Waals surface area (Å²) in [7, 11) is 0. The Kier molecular flexibility index (Phi) is 5.25. The number of nitrogens with zero attached hydrogens (tertiary/aromatic N) is 3. The van der Waals surface area contributed by atoms with E-state index in [-0.39, 0.29) is 5.69 Å². The summed E-state index contributed by atoms with van der Waals surface area (Å²) < 4.78 is 7.39. The lowest BCUT2D eigenvalue weighted by atomic mass is 10.2. The summed E-state index contributed by atoms with van der Waals surface area (Å²) in [6.45, 7) is 0.876. The molecule has 3 rings (SSSR count). The molecule has 0 spiro atoms. The minimum atomic E-state index is -0.577. The zero-order chi connectivity index (χ0) is 17.6. The number of aromatic nitrogens is 3. The van der Waals surface area contributed by atoms with Crippen LogP contribution in [0.25, 0.3) is 10.8 Å². The molecule has 0 saturated heterocycles. The molecule has 7 heteroatoms. The van der Waals surface area contributed by atoms with E-state index in [1.54, 1.807) is 17.0 Å². The minimum Gasteiger partial charge on any atom is -0.494 e. The zero-order valence-electron chi connectivity index (χ0n) is 13.7. The van der Waals surface area contributed by atoms with Crippen LogP contribution in [0.3, 0.4) is 0 Å². The molecule has 2 aromatic heterocycles. The lowest BCUT2D eigenvalue weighted by Crippen LogP contribution is -2.16. The van der Waals surface area contributed by atoms with Crippen LogP contribution in [0.1, 0.15) is 23.3 Å². The van der Waals surface area contributed by atoms with Crippen molar-refractivity contribution in [2.75, 3.05) is 6.61 Å². The number of hydrogen-bond donors (Lipinski definition) is 2. The Hall–Kier alpha value is -2.93. The first kappa shape index (κ1) is 16.9. The van der Waals surface area contributed by atoms with Gasteiger partial charge in [-0.15, -0.1) is 0 Å². The van der Waals surface area contributed by atoms with Crippen molar-refractivity contribution < 1.29 is 14.6 Å². The number of imidazole rings is 1. The van der Waals surface area contributed by atoms with Gasteiger partial charge in [-0.25, -0.2) is 4.98 Å². The molecule has 3 aromatic rings. The van der Waals surface area contributed by atoms with Crippen molar-refractivity contribution in [1.82, 2.24) is 14.5 Å². The number of fused-ring (bicyclic) bond motifs is 1. The van der Waals surface area contributed by atoms with E-state index in [9.17, 15) is 9.90 Å². The van der Waals surface area contributed by atoms with Gasteiger partial charge in [-0.2, -0.15) is 0 Å². The fraction of sp³-hybridized carbons (Fsp3) is 0.278. The maximum atomic E-state index is 11.0. The molecule has 25 heavy (non-hydrogen) atoms. The number of pyridine rings is 1. The number of aliphatic hydroxyl groups is 1. The SMILES string of the molecule is NC(=O)c1cn(CC(O)CCCOc2ccc3ccncc3c2)cn1. The first-order valence-electron chi connectivity index (χ1n) is 8.08. The maximum absolute atomic E-state index is 11.0. The van der Waals surface area contributed by atoms with Gasteiger partial charge >= 0.3 is 0 Å². The number of amides is 1. The van der Waals surface area contributed by atoms with Gasteiger partial charge in [0.15, 0.2) is 0 Å². The lowest BCUT2D eigenvalue weighted by molar-refractivity contribution is 0.0995. The van der Waals surface area contributed by atoms with Gasteiger partial charge in [-0.1, -0.05) is 6.07 Å². The molecule has 3 N–H and O–H groups in total. The van der Waals surface area contributed by atoms with Crippen LogP contribution in [-0.4, -0.2) is 38.3 Å². The van der Waals surface area contributed by atoms with E-state index in [2.05, 4.69) is 9.97 Å². The summed E-state index contributed by atoms with van der Waals surface area (Å²) >= 11 is 0. The van der Waals surface area contributed by atoms with Crippen molar-refractivity contribution in [3.63, 3.8) is 0 Å². The van der Waals surface area contributed by atoms with Crippen molar-refractivity contribution in [3.8, 4) is 5.75 Å². The van der Waals surface area contributed by atoms with Crippen LogP contribution in [0.5, 0.6) is 5.75 Å². The van der Waals surface area contributed by atoms with Crippen LogP contribution >= 0.6 is 0 Å². The quantitative estimate of drug-likeness (QED) is 0.608.